The highest BCUT2D eigenvalue weighted by molar-refractivity contribution is 5.69. The molecule has 0 aromatic carbocycles. The van der Waals surface area contributed by atoms with Crippen molar-refractivity contribution in [2.75, 3.05) is 13.7 Å². The number of nitrogens with one attached hydrogen (secondary N) is 1. The number of ether oxygens (including phenoxy) is 1. The number of carboxylic acids is 1. The van der Waals surface area contributed by atoms with Gasteiger partial charge in [-0.3, -0.25) is 4.79 Å². The fourth-order valence-electron chi connectivity index (χ4n) is 0.303. The molecular formula is C5H9NO4. The van der Waals surface area contributed by atoms with Crippen LogP contribution in [0.15, 0.2) is 0 Å². The van der Waals surface area contributed by atoms with Gasteiger partial charge in [-0.05, 0) is 0 Å². The first-order valence-electron chi connectivity index (χ1n) is 2.73. The molecule has 10 heavy (non-hydrogen) atoms. The Morgan fingerprint density at radius 1 is 1.60 bits per heavy atom. The zero-order chi connectivity index (χ0) is 7.98. The molecule has 0 aliphatic carbocycles. The summed E-state index contributed by atoms with van der Waals surface area (Å²) in [5, 5.41) is 10.3. The van der Waals surface area contributed by atoms with Crippen LogP contribution in [-0.2, 0) is 9.53 Å². The van der Waals surface area contributed by atoms with E-state index < -0.39 is 12.1 Å². The lowest BCUT2D eigenvalue weighted by molar-refractivity contribution is -0.137. The lowest BCUT2D eigenvalue weighted by Gasteiger charge is -1.99. The predicted molar refractivity (Wildman–Crippen MR) is 32.7 cm³/mol. The number of carbonyl (C=O) groups is 2. The molecule has 58 valence electrons. The number of hydrogen-bond acceptors (Lipinski definition) is 3. The lowest BCUT2D eigenvalue weighted by Crippen LogP contribution is -2.20. The molecule has 0 aliphatic heterocycles. The number of carboxylic acid groups (broad SMARTS) is 1. The van der Waals surface area contributed by atoms with Crippen molar-refractivity contribution in [3.05, 3.63) is 0 Å². The maximum absolute atomic E-state index is 10.3. The van der Waals surface area contributed by atoms with Crippen molar-refractivity contribution in [2.45, 2.75) is 6.42 Å². The van der Waals surface area contributed by atoms with Crippen LogP contribution in [0.1, 0.15) is 6.42 Å². The van der Waals surface area contributed by atoms with E-state index in [2.05, 4.69) is 10.1 Å². The Morgan fingerprint density at radius 3 is 2.60 bits per heavy atom. The van der Waals surface area contributed by atoms with Gasteiger partial charge in [0.2, 0.25) is 0 Å². The van der Waals surface area contributed by atoms with Gasteiger partial charge in [0.15, 0.2) is 0 Å². The maximum atomic E-state index is 10.3. The molecule has 0 saturated heterocycles. The molecule has 0 aliphatic rings. The monoisotopic (exact) mass is 147 g/mol. The van der Waals surface area contributed by atoms with Crippen molar-refractivity contribution < 1.29 is 19.4 Å². The SMILES string of the molecule is CNC(=O)OCCC(=O)O. The number of hydrogen-bond donors (Lipinski definition) is 2. The molecule has 0 rings (SSSR count). The first-order chi connectivity index (χ1) is 4.66. The number of aliphatic carboxylic acids is 1. The fourth-order valence-corrected chi connectivity index (χ4v) is 0.303. The molecule has 0 radical (unpaired) electrons. The highest BCUT2D eigenvalue weighted by atomic mass is 16.5. The van der Waals surface area contributed by atoms with Crippen molar-refractivity contribution in [1.82, 2.24) is 5.32 Å². The molecule has 0 atom stereocenters. The number of carbonyl (C=O) groups excluding carboxylic acids is 1. The molecule has 0 unspecified atom stereocenters. The second-order valence-electron chi connectivity index (χ2n) is 1.53. The summed E-state index contributed by atoms with van der Waals surface area (Å²) in [6, 6.07) is 0. The second kappa shape index (κ2) is 4.60. The summed E-state index contributed by atoms with van der Waals surface area (Å²) in [7, 11) is 1.41. The number of rotatable bonds is 3. The van der Waals surface area contributed by atoms with Gasteiger partial charge in [0.05, 0.1) is 6.42 Å². The average molecular weight is 147 g/mol. The number of alkyl carbamates (subject to hydrolysis) is 1. The van der Waals surface area contributed by atoms with Crippen LogP contribution in [0.2, 0.25) is 0 Å². The Bertz CT molecular complexity index is 134. The van der Waals surface area contributed by atoms with Crippen molar-refractivity contribution in [3.8, 4) is 0 Å². The Morgan fingerprint density at radius 2 is 2.20 bits per heavy atom. The Kier molecular flexibility index (Phi) is 4.02. The molecule has 0 saturated carbocycles. The predicted octanol–water partition coefficient (Wildman–Crippen LogP) is -0.183. The van der Waals surface area contributed by atoms with E-state index in [0.717, 1.165) is 0 Å². The highest BCUT2D eigenvalue weighted by Gasteiger charge is 1.99. The van der Waals surface area contributed by atoms with Crippen molar-refractivity contribution in [1.29, 1.82) is 0 Å². The molecule has 5 nitrogen and oxygen atoms in total. The van der Waals surface area contributed by atoms with E-state index in [-0.39, 0.29) is 13.0 Å². The minimum absolute atomic E-state index is 0.0883. The fraction of sp³-hybridized carbons (Fsp3) is 0.600. The van der Waals surface area contributed by atoms with Crippen LogP contribution < -0.4 is 5.32 Å². The Labute approximate surface area is 58.0 Å². The van der Waals surface area contributed by atoms with E-state index in [4.69, 9.17) is 5.11 Å². The minimum Gasteiger partial charge on any atom is -0.481 e. The summed E-state index contributed by atoms with van der Waals surface area (Å²) < 4.78 is 4.37. The molecule has 0 heterocycles. The first kappa shape index (κ1) is 8.74. The van der Waals surface area contributed by atoms with Gasteiger partial charge in [-0.2, -0.15) is 0 Å². The first-order valence-corrected chi connectivity index (χ1v) is 2.73. The van der Waals surface area contributed by atoms with E-state index >= 15 is 0 Å². The van der Waals surface area contributed by atoms with Crippen LogP contribution >= 0.6 is 0 Å². The zero-order valence-corrected chi connectivity index (χ0v) is 5.59. The molecule has 0 aromatic heterocycles. The van der Waals surface area contributed by atoms with Crippen LogP contribution in [0.3, 0.4) is 0 Å². The molecule has 5 heteroatoms. The van der Waals surface area contributed by atoms with E-state index in [1.54, 1.807) is 0 Å². The largest absolute Gasteiger partial charge is 0.481 e. The summed E-state index contributed by atoms with van der Waals surface area (Å²) in [5.41, 5.74) is 0. The van der Waals surface area contributed by atoms with E-state index in [0.29, 0.717) is 0 Å². The Balaban J connectivity index is 3.20. The summed E-state index contributed by atoms with van der Waals surface area (Å²) in [6.45, 7) is -0.0883. The molecule has 0 spiro atoms. The van der Waals surface area contributed by atoms with Gasteiger partial charge in [0, 0.05) is 7.05 Å². The van der Waals surface area contributed by atoms with Crippen LogP contribution in [-0.4, -0.2) is 30.8 Å². The normalized spacial score (nSPS) is 8.50. The van der Waals surface area contributed by atoms with Crippen molar-refractivity contribution >= 4 is 12.1 Å². The molecule has 1 amide bonds. The van der Waals surface area contributed by atoms with Gasteiger partial charge >= 0.3 is 12.1 Å². The van der Waals surface area contributed by atoms with E-state index in [9.17, 15) is 9.59 Å². The van der Waals surface area contributed by atoms with Gasteiger partial charge < -0.3 is 15.2 Å². The van der Waals surface area contributed by atoms with Crippen LogP contribution in [0.25, 0.3) is 0 Å². The third-order valence-corrected chi connectivity index (χ3v) is 0.753. The molecule has 0 bridgehead atoms. The zero-order valence-electron chi connectivity index (χ0n) is 5.59. The summed E-state index contributed by atoms with van der Waals surface area (Å²) in [6.07, 6.45) is -0.769. The lowest BCUT2D eigenvalue weighted by atomic mass is 10.5. The molecular weight excluding hydrogens is 138 g/mol. The maximum Gasteiger partial charge on any atom is 0.406 e. The van der Waals surface area contributed by atoms with E-state index in [1.165, 1.54) is 7.05 Å². The molecule has 0 fully saturated rings. The molecule has 0 aromatic rings. The van der Waals surface area contributed by atoms with Gasteiger partial charge in [-0.1, -0.05) is 0 Å². The summed E-state index contributed by atoms with van der Waals surface area (Å²) in [5.74, 6) is -0.982. The van der Waals surface area contributed by atoms with Gasteiger partial charge in [0.1, 0.15) is 6.61 Å². The summed E-state index contributed by atoms with van der Waals surface area (Å²) >= 11 is 0. The average Bonchev–Trinajstić information content (AvgIpc) is 1.87. The second-order valence-corrected chi connectivity index (χ2v) is 1.53. The minimum atomic E-state index is -0.982. The Hall–Kier alpha value is -1.26. The van der Waals surface area contributed by atoms with Crippen LogP contribution in [0, 0.1) is 0 Å². The summed E-state index contributed by atoms with van der Waals surface area (Å²) in [4.78, 5) is 20.1. The van der Waals surface area contributed by atoms with Crippen LogP contribution in [0.5, 0.6) is 0 Å². The topological polar surface area (TPSA) is 75.6 Å². The van der Waals surface area contributed by atoms with Gasteiger partial charge in [0.25, 0.3) is 0 Å². The quantitative estimate of drug-likeness (QED) is 0.580. The van der Waals surface area contributed by atoms with Crippen molar-refractivity contribution in [2.24, 2.45) is 0 Å². The third kappa shape index (κ3) is 4.89. The highest BCUT2D eigenvalue weighted by Crippen LogP contribution is 1.82. The van der Waals surface area contributed by atoms with Gasteiger partial charge in [-0.15, -0.1) is 0 Å². The van der Waals surface area contributed by atoms with Crippen molar-refractivity contribution in [3.63, 3.8) is 0 Å². The third-order valence-electron chi connectivity index (χ3n) is 0.753. The smallest absolute Gasteiger partial charge is 0.406 e. The standard InChI is InChI=1S/C5H9NO4/c1-6-5(9)10-3-2-4(7)8/h2-3H2,1H3,(H,6,9)(H,7,8). The van der Waals surface area contributed by atoms with Crippen LogP contribution in [0.4, 0.5) is 4.79 Å². The van der Waals surface area contributed by atoms with Gasteiger partial charge in [-0.25, -0.2) is 4.79 Å². The number of amides is 1. The molecule has 2 N–H and O–H groups in total. The van der Waals surface area contributed by atoms with E-state index in [1.807, 2.05) is 0 Å².